The van der Waals surface area contributed by atoms with Gasteiger partial charge in [-0.15, -0.1) is 0 Å². The molecule has 1 saturated heterocycles. The van der Waals surface area contributed by atoms with E-state index in [1.54, 1.807) is 12.4 Å². The number of H-pyrrole nitrogens is 1. The fraction of sp³-hybridized carbons (Fsp3) is 0.500. The van der Waals surface area contributed by atoms with Crippen molar-refractivity contribution in [2.24, 2.45) is 11.7 Å². The van der Waals surface area contributed by atoms with E-state index in [0.717, 1.165) is 35.6 Å². The second-order valence-corrected chi connectivity index (χ2v) is 9.07. The number of nitrogens with zero attached hydrogens (tertiary/aromatic N) is 5. The summed E-state index contributed by atoms with van der Waals surface area (Å²) in [5.41, 5.74) is 8.72. The maximum atomic E-state index is 13.8. The first kappa shape index (κ1) is 20.6. The van der Waals surface area contributed by atoms with Gasteiger partial charge < -0.3 is 16.0 Å². The van der Waals surface area contributed by atoms with Gasteiger partial charge >= 0.3 is 0 Å². The molecule has 1 saturated carbocycles. The molecule has 1 aliphatic carbocycles. The average Bonchev–Trinajstić information content (AvgIpc) is 3.41. The Morgan fingerprint density at radius 2 is 2.25 bits per heavy atom. The van der Waals surface area contributed by atoms with E-state index in [1.807, 2.05) is 6.92 Å². The Morgan fingerprint density at radius 3 is 2.94 bits per heavy atom. The molecular formula is C22H28N8O2. The highest BCUT2D eigenvalue weighted by Crippen LogP contribution is 2.42. The van der Waals surface area contributed by atoms with Crippen LogP contribution in [-0.4, -0.2) is 61.8 Å². The lowest BCUT2D eigenvalue weighted by molar-refractivity contribution is -0.138. The van der Waals surface area contributed by atoms with Gasteiger partial charge in [-0.05, 0) is 37.7 Å². The van der Waals surface area contributed by atoms with E-state index < -0.39 is 5.41 Å². The second-order valence-electron chi connectivity index (χ2n) is 9.07. The van der Waals surface area contributed by atoms with E-state index in [0.29, 0.717) is 37.7 Å². The van der Waals surface area contributed by atoms with Gasteiger partial charge in [0.05, 0.1) is 29.8 Å². The standard InChI is InChI=1S/C22H28N8O2/c1-14-7-26-28-18(14)11-29-5-4-22(13-29)19-16(10-30(20(22)32)17(6-23)12-31)9-25-21(27-19)24-8-15-2-3-15/h6-7,9,12,15H,2-5,8,10-11,13,23H2,1H3,(H,26,28)(H,24,25,27)/b17-6+. The van der Waals surface area contributed by atoms with E-state index in [9.17, 15) is 9.59 Å². The zero-order chi connectivity index (χ0) is 22.3. The molecule has 10 heteroatoms. The van der Waals surface area contributed by atoms with Crippen molar-refractivity contribution < 1.29 is 9.59 Å². The Morgan fingerprint density at radius 1 is 1.41 bits per heavy atom. The smallest absolute Gasteiger partial charge is 0.241 e. The predicted octanol–water partition coefficient (Wildman–Crippen LogP) is 0.815. The van der Waals surface area contributed by atoms with E-state index in [-0.39, 0.29) is 18.1 Å². The summed E-state index contributed by atoms with van der Waals surface area (Å²) in [6.45, 7) is 5.00. The van der Waals surface area contributed by atoms with Crippen LogP contribution in [0.2, 0.25) is 0 Å². The molecule has 168 valence electrons. The topological polar surface area (TPSA) is 133 Å². The van der Waals surface area contributed by atoms with Crippen LogP contribution in [0.5, 0.6) is 0 Å². The quantitative estimate of drug-likeness (QED) is 0.429. The summed E-state index contributed by atoms with van der Waals surface area (Å²) in [4.78, 5) is 38.5. The number of nitrogens with one attached hydrogen (secondary N) is 2. The van der Waals surface area contributed by atoms with Crippen LogP contribution in [0.15, 0.2) is 24.3 Å². The first-order chi connectivity index (χ1) is 15.5. The highest BCUT2D eigenvalue weighted by atomic mass is 16.2. The molecule has 3 aliphatic rings. The Balaban J connectivity index is 1.49. The molecule has 1 atom stereocenters. The predicted molar refractivity (Wildman–Crippen MR) is 117 cm³/mol. The van der Waals surface area contributed by atoms with Gasteiger partial charge in [0.2, 0.25) is 11.9 Å². The van der Waals surface area contributed by atoms with Crippen molar-refractivity contribution in [3.8, 4) is 0 Å². The zero-order valence-corrected chi connectivity index (χ0v) is 18.2. The number of carbonyl (C=O) groups excluding carboxylic acids is 2. The number of hydrogen-bond acceptors (Lipinski definition) is 8. The summed E-state index contributed by atoms with van der Waals surface area (Å²) in [5, 5.41) is 10.5. The Hall–Kier alpha value is -3.27. The number of likely N-dealkylation sites (tertiary alicyclic amines) is 1. The van der Waals surface area contributed by atoms with E-state index in [2.05, 4.69) is 25.4 Å². The Kier molecular flexibility index (Phi) is 5.16. The second kappa shape index (κ2) is 8.01. The van der Waals surface area contributed by atoms with Crippen LogP contribution in [0.1, 0.15) is 41.8 Å². The molecule has 32 heavy (non-hydrogen) atoms. The summed E-state index contributed by atoms with van der Waals surface area (Å²) >= 11 is 0. The lowest BCUT2D eigenvalue weighted by Gasteiger charge is -2.39. The number of aldehydes is 1. The van der Waals surface area contributed by atoms with Gasteiger partial charge in [-0.3, -0.25) is 19.6 Å². The number of anilines is 1. The molecule has 2 aromatic rings. The number of aromatic amines is 1. The first-order valence-electron chi connectivity index (χ1n) is 11.0. The number of carbonyl (C=O) groups is 2. The highest BCUT2D eigenvalue weighted by molar-refractivity contribution is 5.95. The van der Waals surface area contributed by atoms with Crippen molar-refractivity contribution in [1.29, 1.82) is 0 Å². The van der Waals surface area contributed by atoms with Crippen molar-refractivity contribution in [1.82, 2.24) is 30.0 Å². The van der Waals surface area contributed by atoms with Crippen molar-refractivity contribution >= 4 is 18.1 Å². The third kappa shape index (κ3) is 3.54. The molecule has 0 bridgehead atoms. The lowest BCUT2D eigenvalue weighted by atomic mass is 9.77. The molecule has 0 aromatic carbocycles. The monoisotopic (exact) mass is 436 g/mol. The molecule has 5 rings (SSSR count). The molecular weight excluding hydrogens is 408 g/mol. The minimum atomic E-state index is -0.849. The number of rotatable bonds is 7. The van der Waals surface area contributed by atoms with Crippen LogP contribution in [0, 0.1) is 12.8 Å². The number of aryl methyl sites for hydroxylation is 1. The number of amides is 1. The van der Waals surface area contributed by atoms with Crippen molar-refractivity contribution in [3.05, 3.63) is 46.8 Å². The maximum absolute atomic E-state index is 13.8. The fourth-order valence-electron chi connectivity index (χ4n) is 4.73. The Bertz CT molecular complexity index is 1080. The van der Waals surface area contributed by atoms with Crippen molar-refractivity contribution in [2.75, 3.05) is 25.0 Å². The van der Waals surface area contributed by atoms with E-state index in [1.165, 1.54) is 23.9 Å². The van der Waals surface area contributed by atoms with Gasteiger partial charge in [-0.1, -0.05) is 0 Å². The summed E-state index contributed by atoms with van der Waals surface area (Å²) in [5.74, 6) is 1.11. The van der Waals surface area contributed by atoms with Crippen LogP contribution in [0.4, 0.5) is 5.95 Å². The van der Waals surface area contributed by atoms with Crippen LogP contribution in [-0.2, 0) is 28.1 Å². The van der Waals surface area contributed by atoms with Gasteiger partial charge in [-0.2, -0.15) is 5.10 Å². The van der Waals surface area contributed by atoms with Gasteiger partial charge in [0, 0.05) is 44.1 Å². The molecule has 4 heterocycles. The lowest BCUT2D eigenvalue weighted by Crippen LogP contribution is -2.53. The number of allylic oxidation sites excluding steroid dienone is 1. The summed E-state index contributed by atoms with van der Waals surface area (Å²) in [7, 11) is 0. The first-order valence-corrected chi connectivity index (χ1v) is 11.0. The molecule has 10 nitrogen and oxygen atoms in total. The molecule has 1 amide bonds. The third-order valence-electron chi connectivity index (χ3n) is 6.81. The molecule has 2 fully saturated rings. The van der Waals surface area contributed by atoms with Gasteiger partial charge in [-0.25, -0.2) is 9.97 Å². The fourth-order valence-corrected chi connectivity index (χ4v) is 4.73. The highest BCUT2D eigenvalue weighted by Gasteiger charge is 2.53. The molecule has 4 N–H and O–H groups in total. The maximum Gasteiger partial charge on any atom is 0.241 e. The van der Waals surface area contributed by atoms with Crippen LogP contribution >= 0.6 is 0 Å². The minimum Gasteiger partial charge on any atom is -0.403 e. The molecule has 2 aliphatic heterocycles. The third-order valence-corrected chi connectivity index (χ3v) is 6.81. The van der Waals surface area contributed by atoms with Crippen LogP contribution in [0.3, 0.4) is 0 Å². The van der Waals surface area contributed by atoms with Crippen LogP contribution in [0.25, 0.3) is 0 Å². The average molecular weight is 437 g/mol. The summed E-state index contributed by atoms with van der Waals surface area (Å²) in [6.07, 6.45) is 8.48. The van der Waals surface area contributed by atoms with Gasteiger partial charge in [0.25, 0.3) is 0 Å². The number of aromatic nitrogens is 4. The van der Waals surface area contributed by atoms with Gasteiger partial charge in [0.1, 0.15) is 5.41 Å². The zero-order valence-electron chi connectivity index (χ0n) is 18.2. The largest absolute Gasteiger partial charge is 0.403 e. The van der Waals surface area contributed by atoms with E-state index in [4.69, 9.17) is 10.7 Å². The Labute approximate surface area is 186 Å². The molecule has 1 spiro atoms. The van der Waals surface area contributed by atoms with Crippen molar-refractivity contribution in [2.45, 2.75) is 44.7 Å². The minimum absolute atomic E-state index is 0.135. The van der Waals surface area contributed by atoms with Crippen LogP contribution < -0.4 is 11.1 Å². The SMILES string of the molecule is Cc1cn[nH]c1CN1CCC2(C1)C(=O)N(/C(C=O)=C/N)Cc1cnc(NCC3CC3)nc12. The molecule has 2 aromatic heterocycles. The summed E-state index contributed by atoms with van der Waals surface area (Å²) < 4.78 is 0. The van der Waals surface area contributed by atoms with Gasteiger partial charge in [0.15, 0.2) is 6.29 Å². The molecule has 0 radical (unpaired) electrons. The number of fused-ring (bicyclic) bond motifs is 2. The van der Waals surface area contributed by atoms with E-state index >= 15 is 0 Å². The normalized spacial score (nSPS) is 23.6. The molecule has 1 unspecified atom stereocenters. The number of nitrogens with two attached hydrogens (primary N) is 1. The number of hydrogen-bond donors (Lipinski definition) is 3. The van der Waals surface area contributed by atoms with Crippen molar-refractivity contribution in [3.63, 3.8) is 0 Å². The summed E-state index contributed by atoms with van der Waals surface area (Å²) in [6, 6.07) is 0.